The van der Waals surface area contributed by atoms with Crippen molar-refractivity contribution in [2.75, 3.05) is 20.3 Å². The van der Waals surface area contributed by atoms with Crippen molar-refractivity contribution in [3.8, 4) is 0 Å². The molecule has 2 aliphatic rings. The minimum absolute atomic E-state index is 0.298. The largest absolute Gasteiger partial charge is 0.451 e. The molecule has 1 heterocycles. The molecule has 3 amide bonds. The number of esters is 1. The van der Waals surface area contributed by atoms with Crippen molar-refractivity contribution in [1.29, 1.82) is 0 Å². The van der Waals surface area contributed by atoms with Crippen LogP contribution in [-0.2, 0) is 28.7 Å². The Bertz CT molecular complexity index is 562. The summed E-state index contributed by atoms with van der Waals surface area (Å²) in [6.45, 7) is 3.52. The highest BCUT2D eigenvalue weighted by molar-refractivity contribution is 6.08. The molecule has 0 bridgehead atoms. The maximum atomic E-state index is 12.5. The molecule has 1 fully saturated rings. The van der Waals surface area contributed by atoms with Gasteiger partial charge in [0.05, 0.1) is 18.4 Å². The molecule has 0 spiro atoms. The summed E-state index contributed by atoms with van der Waals surface area (Å²) >= 11 is 0. The van der Waals surface area contributed by atoms with Crippen molar-refractivity contribution in [1.82, 2.24) is 10.2 Å². The molecule has 25 heavy (non-hydrogen) atoms. The molecule has 1 aliphatic carbocycles. The van der Waals surface area contributed by atoms with Crippen LogP contribution in [0.1, 0.15) is 26.7 Å². The minimum atomic E-state index is -1.06. The first-order valence-corrected chi connectivity index (χ1v) is 8.37. The number of allylic oxidation sites excluding steroid dienone is 2. The minimum Gasteiger partial charge on any atom is -0.451 e. The molecule has 8 nitrogen and oxygen atoms in total. The molecule has 0 aromatic rings. The number of methoxy groups -OCH3 is 1. The zero-order chi connectivity index (χ0) is 18.6. The molecular weight excluding hydrogens is 328 g/mol. The van der Waals surface area contributed by atoms with Gasteiger partial charge in [0.15, 0.2) is 6.10 Å². The van der Waals surface area contributed by atoms with E-state index in [1.807, 2.05) is 12.2 Å². The zero-order valence-corrected chi connectivity index (χ0v) is 14.7. The van der Waals surface area contributed by atoms with Crippen LogP contribution in [-0.4, -0.2) is 61.0 Å². The Morgan fingerprint density at radius 1 is 1.20 bits per heavy atom. The average molecular weight is 352 g/mol. The van der Waals surface area contributed by atoms with Crippen LogP contribution in [0.2, 0.25) is 0 Å². The van der Waals surface area contributed by atoms with Crippen molar-refractivity contribution < 1.29 is 28.7 Å². The average Bonchev–Trinajstić information content (AvgIpc) is 2.85. The van der Waals surface area contributed by atoms with E-state index in [1.165, 1.54) is 21.0 Å². The summed E-state index contributed by atoms with van der Waals surface area (Å²) in [4.78, 5) is 50.0. The second-order valence-electron chi connectivity index (χ2n) is 6.24. The van der Waals surface area contributed by atoms with Gasteiger partial charge >= 0.3 is 5.97 Å². The first-order chi connectivity index (χ1) is 11.9. The lowest BCUT2D eigenvalue weighted by Crippen LogP contribution is -2.46. The highest BCUT2D eigenvalue weighted by atomic mass is 16.5. The van der Waals surface area contributed by atoms with Gasteiger partial charge in [0.2, 0.25) is 11.8 Å². The molecule has 0 unspecified atom stereocenters. The van der Waals surface area contributed by atoms with Crippen molar-refractivity contribution in [3.63, 3.8) is 0 Å². The van der Waals surface area contributed by atoms with E-state index < -0.39 is 35.9 Å². The number of fused-ring (bicyclic) bond motifs is 1. The van der Waals surface area contributed by atoms with Gasteiger partial charge in [-0.05, 0) is 26.7 Å². The zero-order valence-electron chi connectivity index (χ0n) is 14.7. The number of nitrogens with one attached hydrogen (secondary N) is 1. The Balaban J connectivity index is 1.94. The number of rotatable bonds is 7. The smallest absolute Gasteiger partial charge is 0.329 e. The van der Waals surface area contributed by atoms with Gasteiger partial charge in [0.25, 0.3) is 5.91 Å². The molecule has 4 atom stereocenters. The molecular formula is C17H24N2O6. The first kappa shape index (κ1) is 19.1. The number of hydrogen-bond acceptors (Lipinski definition) is 6. The second-order valence-corrected chi connectivity index (χ2v) is 6.24. The van der Waals surface area contributed by atoms with Crippen LogP contribution in [0.4, 0.5) is 0 Å². The van der Waals surface area contributed by atoms with Crippen LogP contribution in [0, 0.1) is 11.8 Å². The Morgan fingerprint density at radius 2 is 1.76 bits per heavy atom. The van der Waals surface area contributed by atoms with Gasteiger partial charge < -0.3 is 14.8 Å². The predicted octanol–water partition coefficient (Wildman–Crippen LogP) is 0.0204. The maximum absolute atomic E-state index is 12.5. The SMILES string of the molecule is COCCNC(=O)[C@H](C)OC(=O)[C@H](C)N1C(=O)[C@H]2CC=CC[C@H]2C1=O. The van der Waals surface area contributed by atoms with Crippen molar-refractivity contribution in [3.05, 3.63) is 12.2 Å². The lowest BCUT2D eigenvalue weighted by Gasteiger charge is -2.23. The maximum Gasteiger partial charge on any atom is 0.329 e. The number of nitrogens with zero attached hydrogens (tertiary/aromatic N) is 1. The molecule has 0 saturated carbocycles. The molecule has 1 saturated heterocycles. The Kier molecular flexibility index (Phi) is 6.30. The Hall–Kier alpha value is -2.22. The van der Waals surface area contributed by atoms with Crippen molar-refractivity contribution in [2.45, 2.75) is 38.8 Å². The summed E-state index contributed by atoms with van der Waals surface area (Å²) in [5.74, 6) is -2.73. The molecule has 138 valence electrons. The lowest BCUT2D eigenvalue weighted by atomic mass is 9.85. The third kappa shape index (κ3) is 4.07. The van der Waals surface area contributed by atoms with Crippen molar-refractivity contribution >= 4 is 23.7 Å². The van der Waals surface area contributed by atoms with E-state index in [-0.39, 0.29) is 11.8 Å². The second kappa shape index (κ2) is 8.24. The van der Waals surface area contributed by atoms with Crippen LogP contribution < -0.4 is 5.32 Å². The van der Waals surface area contributed by atoms with Crippen LogP contribution in [0.15, 0.2) is 12.2 Å². The summed E-state index contributed by atoms with van der Waals surface area (Å²) in [7, 11) is 1.51. The van der Waals surface area contributed by atoms with Crippen LogP contribution in [0.3, 0.4) is 0 Å². The van der Waals surface area contributed by atoms with Gasteiger partial charge in [-0.2, -0.15) is 0 Å². The number of hydrogen-bond donors (Lipinski definition) is 1. The summed E-state index contributed by atoms with van der Waals surface area (Å²) in [5, 5.41) is 2.56. The molecule has 0 aromatic carbocycles. The van der Waals surface area contributed by atoms with Crippen LogP contribution in [0.5, 0.6) is 0 Å². The molecule has 0 radical (unpaired) electrons. The normalized spacial score (nSPS) is 24.7. The van der Waals surface area contributed by atoms with Gasteiger partial charge in [-0.3, -0.25) is 19.3 Å². The highest BCUT2D eigenvalue weighted by Crippen LogP contribution is 2.36. The van der Waals surface area contributed by atoms with E-state index in [0.29, 0.717) is 26.0 Å². The number of ether oxygens (including phenoxy) is 2. The van der Waals surface area contributed by atoms with E-state index in [2.05, 4.69) is 5.32 Å². The summed E-state index contributed by atoms with van der Waals surface area (Å²) < 4.78 is 9.93. The summed E-state index contributed by atoms with van der Waals surface area (Å²) in [5.41, 5.74) is 0. The fourth-order valence-corrected chi connectivity index (χ4v) is 3.06. The van der Waals surface area contributed by atoms with Gasteiger partial charge in [-0.25, -0.2) is 4.79 Å². The van der Waals surface area contributed by atoms with Gasteiger partial charge in [0.1, 0.15) is 6.04 Å². The molecule has 0 aromatic heterocycles. The monoisotopic (exact) mass is 352 g/mol. The number of carbonyl (C=O) groups excluding carboxylic acids is 4. The number of carbonyl (C=O) groups is 4. The molecule has 1 N–H and O–H groups in total. The van der Waals surface area contributed by atoms with Gasteiger partial charge in [-0.1, -0.05) is 12.2 Å². The third-order valence-corrected chi connectivity index (χ3v) is 4.54. The Morgan fingerprint density at radius 3 is 2.28 bits per heavy atom. The highest BCUT2D eigenvalue weighted by Gasteiger charge is 2.50. The van der Waals surface area contributed by atoms with E-state index in [1.54, 1.807) is 0 Å². The van der Waals surface area contributed by atoms with E-state index in [9.17, 15) is 19.2 Å². The van der Waals surface area contributed by atoms with E-state index >= 15 is 0 Å². The summed E-state index contributed by atoms with van der Waals surface area (Å²) in [6.07, 6.45) is 3.75. The van der Waals surface area contributed by atoms with E-state index in [0.717, 1.165) is 4.90 Å². The van der Waals surface area contributed by atoms with Gasteiger partial charge in [-0.15, -0.1) is 0 Å². The van der Waals surface area contributed by atoms with Gasteiger partial charge in [0, 0.05) is 13.7 Å². The first-order valence-electron chi connectivity index (χ1n) is 8.37. The third-order valence-electron chi connectivity index (χ3n) is 4.54. The quantitative estimate of drug-likeness (QED) is 0.300. The number of amides is 3. The standard InChI is InChI=1S/C17H24N2O6/c1-10(17(23)25-11(2)14(20)18-8-9-24-3)19-15(21)12-6-4-5-7-13(12)16(19)22/h4-5,10-13H,6-9H2,1-3H3,(H,18,20)/t10-,11-,12-,13+/m0/s1. The lowest BCUT2D eigenvalue weighted by molar-refractivity contribution is -0.164. The Labute approximate surface area is 146 Å². The summed E-state index contributed by atoms with van der Waals surface area (Å²) in [6, 6.07) is -1.06. The van der Waals surface area contributed by atoms with Crippen LogP contribution >= 0.6 is 0 Å². The molecule has 2 rings (SSSR count). The number of imide groups is 1. The molecule has 8 heteroatoms. The predicted molar refractivity (Wildman–Crippen MR) is 87.1 cm³/mol. The van der Waals surface area contributed by atoms with E-state index in [4.69, 9.17) is 9.47 Å². The fraction of sp³-hybridized carbons (Fsp3) is 0.647. The fourth-order valence-electron chi connectivity index (χ4n) is 3.06. The van der Waals surface area contributed by atoms with Crippen molar-refractivity contribution in [2.24, 2.45) is 11.8 Å². The molecule has 1 aliphatic heterocycles. The number of likely N-dealkylation sites (tertiary alicyclic amines) is 1. The van der Waals surface area contributed by atoms with Crippen LogP contribution in [0.25, 0.3) is 0 Å². The topological polar surface area (TPSA) is 102 Å².